The smallest absolute Gasteiger partial charge is 0.139 e. The lowest BCUT2D eigenvalue weighted by molar-refractivity contribution is 0.271. The Kier molecular flexibility index (Phi) is 6.47. The van der Waals surface area contributed by atoms with Crippen molar-refractivity contribution in [1.29, 1.82) is 0 Å². The van der Waals surface area contributed by atoms with Crippen LogP contribution in [0.15, 0.2) is 23.1 Å². The molecule has 0 aliphatic heterocycles. The van der Waals surface area contributed by atoms with E-state index < -0.39 is 11.6 Å². The first-order valence-electron chi connectivity index (χ1n) is 5.59. The molecule has 0 aromatic heterocycles. The third kappa shape index (κ3) is 5.02. The number of aliphatic hydroxyl groups is 1. The van der Waals surface area contributed by atoms with Crippen LogP contribution >= 0.6 is 11.8 Å². The monoisotopic (exact) mass is 261 g/mol. The quantitative estimate of drug-likeness (QED) is 0.739. The third-order valence-electron chi connectivity index (χ3n) is 2.30. The number of hydrogen-bond donors (Lipinski definition) is 2. The first-order chi connectivity index (χ1) is 8.17. The molecule has 2 N–H and O–H groups in total. The van der Waals surface area contributed by atoms with E-state index in [0.717, 1.165) is 12.6 Å². The predicted molar refractivity (Wildman–Crippen MR) is 66.2 cm³/mol. The molecule has 0 aliphatic rings. The normalized spacial score (nSPS) is 12.7. The molecule has 1 unspecified atom stereocenters. The van der Waals surface area contributed by atoms with Crippen LogP contribution in [0.4, 0.5) is 8.78 Å². The fourth-order valence-electron chi connectivity index (χ4n) is 1.47. The van der Waals surface area contributed by atoms with Gasteiger partial charge in [0.15, 0.2) is 0 Å². The molecule has 0 fully saturated rings. The highest BCUT2D eigenvalue weighted by atomic mass is 32.2. The summed E-state index contributed by atoms with van der Waals surface area (Å²) in [7, 11) is 0. The molecule has 0 saturated heterocycles. The summed E-state index contributed by atoms with van der Waals surface area (Å²) in [5.74, 6) is -0.448. The Morgan fingerprint density at radius 3 is 2.76 bits per heavy atom. The molecule has 0 heterocycles. The van der Waals surface area contributed by atoms with Gasteiger partial charge >= 0.3 is 0 Å². The molecule has 5 heteroatoms. The average molecular weight is 261 g/mol. The lowest BCUT2D eigenvalue weighted by atomic mass is 10.2. The molecular weight excluding hydrogens is 244 g/mol. The maximum Gasteiger partial charge on any atom is 0.139 e. The zero-order valence-corrected chi connectivity index (χ0v) is 10.6. The van der Waals surface area contributed by atoms with E-state index >= 15 is 0 Å². The predicted octanol–water partition coefficient (Wildman–Crippen LogP) is 2.42. The van der Waals surface area contributed by atoms with E-state index in [1.165, 1.54) is 23.9 Å². The fraction of sp³-hybridized carbons (Fsp3) is 0.500. The second-order valence-electron chi connectivity index (χ2n) is 3.65. The number of hydrogen-bond acceptors (Lipinski definition) is 3. The van der Waals surface area contributed by atoms with Gasteiger partial charge in [0.25, 0.3) is 0 Å². The van der Waals surface area contributed by atoms with Gasteiger partial charge in [-0.1, -0.05) is 6.92 Å². The number of nitrogens with one attached hydrogen (secondary N) is 1. The number of halogens is 2. The lowest BCUT2D eigenvalue weighted by Gasteiger charge is -2.16. The van der Waals surface area contributed by atoms with Crippen molar-refractivity contribution in [3.63, 3.8) is 0 Å². The van der Waals surface area contributed by atoms with Crippen LogP contribution < -0.4 is 5.32 Å². The average Bonchev–Trinajstić information content (AvgIpc) is 2.28. The second-order valence-corrected chi connectivity index (χ2v) is 4.71. The molecule has 0 amide bonds. The van der Waals surface area contributed by atoms with Gasteiger partial charge in [-0.25, -0.2) is 8.78 Å². The minimum absolute atomic E-state index is 0.101. The van der Waals surface area contributed by atoms with Gasteiger partial charge in [0, 0.05) is 29.4 Å². The van der Waals surface area contributed by atoms with Gasteiger partial charge in [-0.2, -0.15) is 0 Å². The number of thioether (sulfide) groups is 1. The Balaban J connectivity index is 2.52. The van der Waals surface area contributed by atoms with E-state index in [1.54, 1.807) is 0 Å². The van der Waals surface area contributed by atoms with Crippen molar-refractivity contribution in [2.24, 2.45) is 0 Å². The minimum Gasteiger partial charge on any atom is -0.396 e. The van der Waals surface area contributed by atoms with Crippen molar-refractivity contribution in [3.8, 4) is 0 Å². The molecular formula is C12H17F2NOS. The largest absolute Gasteiger partial charge is 0.396 e. The molecule has 2 nitrogen and oxygen atoms in total. The first-order valence-corrected chi connectivity index (χ1v) is 6.58. The summed E-state index contributed by atoms with van der Waals surface area (Å²) in [6.07, 6.45) is 0.629. The van der Waals surface area contributed by atoms with Gasteiger partial charge in [0.05, 0.1) is 0 Å². The fourth-order valence-corrected chi connectivity index (χ4v) is 2.50. The summed E-state index contributed by atoms with van der Waals surface area (Å²) in [6, 6.07) is 3.72. The Bertz CT molecular complexity index is 343. The molecule has 17 heavy (non-hydrogen) atoms. The molecule has 96 valence electrons. The van der Waals surface area contributed by atoms with Crippen molar-refractivity contribution in [2.75, 3.05) is 18.9 Å². The molecule has 1 aromatic rings. The first kappa shape index (κ1) is 14.4. The van der Waals surface area contributed by atoms with Gasteiger partial charge in [0.1, 0.15) is 11.6 Å². The van der Waals surface area contributed by atoms with Gasteiger partial charge in [-0.05, 0) is 25.1 Å². The molecule has 0 bridgehead atoms. The highest BCUT2D eigenvalue weighted by molar-refractivity contribution is 7.99. The van der Waals surface area contributed by atoms with E-state index in [0.29, 0.717) is 17.1 Å². The highest BCUT2D eigenvalue weighted by Crippen LogP contribution is 2.23. The van der Waals surface area contributed by atoms with Gasteiger partial charge in [-0.15, -0.1) is 11.8 Å². The molecule has 1 rings (SSSR count). The van der Waals surface area contributed by atoms with E-state index in [4.69, 9.17) is 5.11 Å². The van der Waals surface area contributed by atoms with Crippen LogP contribution in [0.1, 0.15) is 13.3 Å². The van der Waals surface area contributed by atoms with Gasteiger partial charge in [-0.3, -0.25) is 0 Å². The van der Waals surface area contributed by atoms with Gasteiger partial charge < -0.3 is 10.4 Å². The molecule has 1 aromatic carbocycles. The Hall–Kier alpha value is -0.650. The maximum atomic E-state index is 13.3. The lowest BCUT2D eigenvalue weighted by Crippen LogP contribution is -2.32. The molecule has 0 radical (unpaired) electrons. The maximum absolute atomic E-state index is 13.3. The minimum atomic E-state index is -0.564. The summed E-state index contributed by atoms with van der Waals surface area (Å²) in [5.41, 5.74) is 0. The van der Waals surface area contributed by atoms with Crippen molar-refractivity contribution in [2.45, 2.75) is 24.3 Å². The molecule has 0 saturated carbocycles. The third-order valence-corrected chi connectivity index (χ3v) is 3.52. The Morgan fingerprint density at radius 1 is 1.41 bits per heavy atom. The van der Waals surface area contributed by atoms with Crippen molar-refractivity contribution >= 4 is 11.8 Å². The van der Waals surface area contributed by atoms with Crippen molar-refractivity contribution in [1.82, 2.24) is 5.32 Å². The van der Waals surface area contributed by atoms with Crippen LogP contribution in [0.2, 0.25) is 0 Å². The van der Waals surface area contributed by atoms with Crippen molar-refractivity contribution in [3.05, 3.63) is 29.8 Å². The van der Waals surface area contributed by atoms with Crippen LogP contribution in [-0.4, -0.2) is 30.1 Å². The summed E-state index contributed by atoms with van der Waals surface area (Å²) < 4.78 is 26.0. The van der Waals surface area contributed by atoms with Crippen molar-refractivity contribution < 1.29 is 13.9 Å². The summed E-state index contributed by atoms with van der Waals surface area (Å²) in [6.45, 7) is 2.88. The zero-order valence-electron chi connectivity index (χ0n) is 9.75. The van der Waals surface area contributed by atoms with Crippen LogP contribution in [0.25, 0.3) is 0 Å². The number of aliphatic hydroxyl groups excluding tert-OH is 1. The second kappa shape index (κ2) is 7.63. The summed E-state index contributed by atoms with van der Waals surface area (Å²) in [4.78, 5) is 0.437. The number of benzene rings is 1. The number of rotatable bonds is 7. The van der Waals surface area contributed by atoms with E-state index in [2.05, 4.69) is 5.32 Å². The molecule has 0 aliphatic carbocycles. The topological polar surface area (TPSA) is 32.3 Å². The van der Waals surface area contributed by atoms with Crippen LogP contribution in [0, 0.1) is 11.6 Å². The standard InChI is InChI=1S/C12H17F2NOS/c1-2-15-10(5-6-16)8-17-12-4-3-9(13)7-11(12)14/h3-4,7,10,15-16H,2,5-6,8H2,1H3. The van der Waals surface area contributed by atoms with Gasteiger partial charge in [0.2, 0.25) is 0 Å². The van der Waals surface area contributed by atoms with Crippen LogP contribution in [-0.2, 0) is 0 Å². The zero-order chi connectivity index (χ0) is 12.7. The van der Waals surface area contributed by atoms with E-state index in [1.807, 2.05) is 6.92 Å². The molecule has 0 spiro atoms. The Morgan fingerprint density at radius 2 is 2.18 bits per heavy atom. The van der Waals surface area contributed by atoms with Crippen LogP contribution in [0.3, 0.4) is 0 Å². The summed E-state index contributed by atoms with van der Waals surface area (Å²) in [5, 5.41) is 12.1. The highest BCUT2D eigenvalue weighted by Gasteiger charge is 2.10. The van der Waals surface area contributed by atoms with E-state index in [-0.39, 0.29) is 12.6 Å². The van der Waals surface area contributed by atoms with Crippen LogP contribution in [0.5, 0.6) is 0 Å². The van der Waals surface area contributed by atoms with E-state index in [9.17, 15) is 8.78 Å². The summed E-state index contributed by atoms with van der Waals surface area (Å²) >= 11 is 1.33. The Labute approximate surface area is 104 Å². The molecule has 1 atom stereocenters. The SMILES string of the molecule is CCNC(CCO)CSc1ccc(F)cc1F.